The normalized spacial score (nSPS) is 16.2. The molecule has 3 N–H and O–H groups in total. The van der Waals surface area contributed by atoms with Gasteiger partial charge in [0.25, 0.3) is 0 Å². The van der Waals surface area contributed by atoms with Gasteiger partial charge in [0.2, 0.25) is 5.91 Å². The van der Waals surface area contributed by atoms with Crippen LogP contribution in [0.1, 0.15) is 31.0 Å². The number of aromatic nitrogens is 1. The monoisotopic (exact) mass is 468 g/mol. The van der Waals surface area contributed by atoms with Crippen molar-refractivity contribution in [1.29, 1.82) is 0 Å². The van der Waals surface area contributed by atoms with Gasteiger partial charge in [-0.15, -0.1) is 0 Å². The Kier molecular flexibility index (Phi) is 7.02. The number of carbonyl (C=O) groups is 2. The summed E-state index contributed by atoms with van der Waals surface area (Å²) in [5.41, 5.74) is 3.39. The SMILES string of the molecule is CC(C)C(=O)Nc1ccc2c([C@H](C(=O)O)N3CCN(Cc4cccc(Cl)c4)CC3)c[nH]c2c1. The zero-order valence-corrected chi connectivity index (χ0v) is 19.6. The molecule has 1 amide bonds. The first-order chi connectivity index (χ1) is 15.8. The predicted molar refractivity (Wildman–Crippen MR) is 130 cm³/mol. The van der Waals surface area contributed by atoms with E-state index in [4.69, 9.17) is 11.6 Å². The van der Waals surface area contributed by atoms with E-state index in [0.29, 0.717) is 18.8 Å². The number of nitrogens with one attached hydrogen (secondary N) is 2. The molecule has 1 aromatic heterocycles. The summed E-state index contributed by atoms with van der Waals surface area (Å²) in [4.78, 5) is 31.8. The summed E-state index contributed by atoms with van der Waals surface area (Å²) in [6, 6.07) is 12.7. The van der Waals surface area contributed by atoms with Crippen LogP contribution in [0.25, 0.3) is 10.9 Å². The molecule has 2 heterocycles. The molecule has 0 unspecified atom stereocenters. The van der Waals surface area contributed by atoms with Crippen LogP contribution in [0.5, 0.6) is 0 Å². The van der Waals surface area contributed by atoms with Crippen LogP contribution in [0.15, 0.2) is 48.7 Å². The van der Waals surface area contributed by atoms with E-state index >= 15 is 0 Å². The number of halogens is 1. The smallest absolute Gasteiger partial charge is 0.325 e. The Bertz CT molecular complexity index is 1150. The third-order valence-corrected chi connectivity index (χ3v) is 6.34. The van der Waals surface area contributed by atoms with Gasteiger partial charge in [0, 0.05) is 72.0 Å². The summed E-state index contributed by atoms with van der Waals surface area (Å²) < 4.78 is 0. The zero-order chi connectivity index (χ0) is 23.5. The van der Waals surface area contributed by atoms with E-state index in [-0.39, 0.29) is 11.8 Å². The van der Waals surface area contributed by atoms with Crippen molar-refractivity contribution in [3.63, 3.8) is 0 Å². The number of aliphatic carboxylic acids is 1. The van der Waals surface area contributed by atoms with Crippen molar-refractivity contribution >= 4 is 40.1 Å². The highest BCUT2D eigenvalue weighted by molar-refractivity contribution is 6.30. The molecule has 4 rings (SSSR count). The molecule has 0 spiro atoms. The van der Waals surface area contributed by atoms with Crippen LogP contribution < -0.4 is 5.32 Å². The third kappa shape index (κ3) is 5.38. The second kappa shape index (κ2) is 9.95. The Morgan fingerprint density at radius 3 is 2.55 bits per heavy atom. The van der Waals surface area contributed by atoms with Crippen molar-refractivity contribution in [2.45, 2.75) is 26.4 Å². The van der Waals surface area contributed by atoms with Crippen molar-refractivity contribution < 1.29 is 14.7 Å². The fraction of sp³-hybridized carbons (Fsp3) is 0.360. The van der Waals surface area contributed by atoms with Crippen molar-refractivity contribution in [3.8, 4) is 0 Å². The molecule has 1 fully saturated rings. The van der Waals surface area contributed by atoms with Gasteiger partial charge in [0.05, 0.1) is 0 Å². The number of nitrogens with zero attached hydrogens (tertiary/aromatic N) is 2. The number of H-pyrrole nitrogens is 1. The lowest BCUT2D eigenvalue weighted by atomic mass is 10.0. The molecule has 3 aromatic rings. The number of hydrogen-bond acceptors (Lipinski definition) is 4. The van der Waals surface area contributed by atoms with E-state index in [1.807, 2.05) is 55.1 Å². The Labute approximate surface area is 198 Å². The standard InChI is InChI=1S/C25H29ClN4O3/c1-16(2)24(31)28-19-6-7-20-21(14-27-22(20)13-19)23(25(32)33)30-10-8-29(9-11-30)15-17-4-3-5-18(26)12-17/h3-7,12-14,16,23,27H,8-11,15H2,1-2H3,(H,28,31)(H,32,33)/t23-/m1/s1. The number of anilines is 1. The van der Waals surface area contributed by atoms with Crippen LogP contribution in [-0.2, 0) is 16.1 Å². The molecule has 7 nitrogen and oxygen atoms in total. The maximum atomic E-state index is 12.3. The number of aromatic amines is 1. The Balaban J connectivity index is 1.47. The van der Waals surface area contributed by atoms with Crippen LogP contribution in [0, 0.1) is 5.92 Å². The molecule has 1 saturated heterocycles. The van der Waals surface area contributed by atoms with Gasteiger partial charge in [-0.3, -0.25) is 19.4 Å². The first-order valence-electron chi connectivity index (χ1n) is 11.2. The summed E-state index contributed by atoms with van der Waals surface area (Å²) >= 11 is 6.10. The fourth-order valence-corrected chi connectivity index (χ4v) is 4.51. The Morgan fingerprint density at radius 1 is 1.12 bits per heavy atom. The molecule has 0 saturated carbocycles. The van der Waals surface area contributed by atoms with Gasteiger partial charge in [-0.05, 0) is 29.8 Å². The lowest BCUT2D eigenvalue weighted by molar-refractivity contribution is -0.144. The highest BCUT2D eigenvalue weighted by atomic mass is 35.5. The molecule has 8 heteroatoms. The van der Waals surface area contributed by atoms with Gasteiger partial charge < -0.3 is 15.4 Å². The minimum Gasteiger partial charge on any atom is -0.480 e. The van der Waals surface area contributed by atoms with Crippen LogP contribution in [0.3, 0.4) is 0 Å². The molecule has 1 aliphatic heterocycles. The fourth-order valence-electron chi connectivity index (χ4n) is 4.30. The number of piperazine rings is 1. The van der Waals surface area contributed by atoms with Gasteiger partial charge >= 0.3 is 5.97 Å². The maximum Gasteiger partial charge on any atom is 0.325 e. The van der Waals surface area contributed by atoms with E-state index in [1.165, 1.54) is 0 Å². The van der Waals surface area contributed by atoms with Gasteiger partial charge in [-0.2, -0.15) is 0 Å². The number of fused-ring (bicyclic) bond motifs is 1. The van der Waals surface area contributed by atoms with Crippen molar-refractivity contribution in [1.82, 2.24) is 14.8 Å². The van der Waals surface area contributed by atoms with Crippen LogP contribution in [0.4, 0.5) is 5.69 Å². The van der Waals surface area contributed by atoms with E-state index in [1.54, 1.807) is 6.20 Å². The van der Waals surface area contributed by atoms with E-state index in [9.17, 15) is 14.7 Å². The largest absolute Gasteiger partial charge is 0.480 e. The number of carboxylic acids is 1. The molecule has 1 atom stereocenters. The first-order valence-corrected chi connectivity index (χ1v) is 11.5. The molecule has 2 aromatic carbocycles. The molecule has 0 aliphatic carbocycles. The number of rotatable bonds is 7. The predicted octanol–water partition coefficient (Wildman–Crippen LogP) is 4.36. The quantitative estimate of drug-likeness (QED) is 0.479. The second-order valence-electron chi connectivity index (χ2n) is 8.83. The van der Waals surface area contributed by atoms with Gasteiger partial charge in [-0.25, -0.2) is 0 Å². The van der Waals surface area contributed by atoms with Crippen molar-refractivity contribution in [2.75, 3.05) is 31.5 Å². The van der Waals surface area contributed by atoms with Crippen LogP contribution in [-0.4, -0.2) is 57.9 Å². The summed E-state index contributed by atoms with van der Waals surface area (Å²) in [6.45, 7) is 7.36. The third-order valence-electron chi connectivity index (χ3n) is 6.10. The lowest BCUT2D eigenvalue weighted by Crippen LogP contribution is -2.48. The topological polar surface area (TPSA) is 88.7 Å². The maximum absolute atomic E-state index is 12.3. The first kappa shape index (κ1) is 23.3. The van der Waals surface area contributed by atoms with E-state index in [2.05, 4.69) is 21.3 Å². The summed E-state index contributed by atoms with van der Waals surface area (Å²) in [7, 11) is 0. The molecular formula is C25H29ClN4O3. The summed E-state index contributed by atoms with van der Waals surface area (Å²) in [6.07, 6.45) is 1.77. The zero-order valence-electron chi connectivity index (χ0n) is 18.8. The molecule has 0 radical (unpaired) electrons. The van der Waals surface area contributed by atoms with E-state index in [0.717, 1.165) is 46.7 Å². The average Bonchev–Trinajstić information content (AvgIpc) is 3.17. The minimum absolute atomic E-state index is 0.0554. The molecule has 33 heavy (non-hydrogen) atoms. The van der Waals surface area contributed by atoms with E-state index < -0.39 is 12.0 Å². The highest BCUT2D eigenvalue weighted by Crippen LogP contribution is 2.31. The number of carboxylic acid groups (broad SMARTS) is 1. The number of amides is 1. The highest BCUT2D eigenvalue weighted by Gasteiger charge is 2.32. The summed E-state index contributed by atoms with van der Waals surface area (Å²) in [5.74, 6) is -1.04. The molecule has 1 aliphatic rings. The van der Waals surface area contributed by atoms with Gasteiger partial charge in [0.1, 0.15) is 6.04 Å². The van der Waals surface area contributed by atoms with Gasteiger partial charge in [-0.1, -0.05) is 43.6 Å². The number of carbonyl (C=O) groups excluding carboxylic acids is 1. The molecule has 0 bridgehead atoms. The molecule has 174 valence electrons. The Morgan fingerprint density at radius 2 is 1.88 bits per heavy atom. The number of benzene rings is 2. The van der Waals surface area contributed by atoms with Gasteiger partial charge in [0.15, 0.2) is 0 Å². The summed E-state index contributed by atoms with van der Waals surface area (Å²) in [5, 5.41) is 14.5. The van der Waals surface area contributed by atoms with Crippen molar-refractivity contribution in [3.05, 3.63) is 64.8 Å². The van der Waals surface area contributed by atoms with Crippen LogP contribution >= 0.6 is 11.6 Å². The number of hydrogen-bond donors (Lipinski definition) is 3. The second-order valence-corrected chi connectivity index (χ2v) is 9.27. The Hall–Kier alpha value is -2.87. The minimum atomic E-state index is -0.864. The molecular weight excluding hydrogens is 440 g/mol. The lowest BCUT2D eigenvalue weighted by Gasteiger charge is -2.37. The average molecular weight is 469 g/mol. The van der Waals surface area contributed by atoms with Crippen LogP contribution in [0.2, 0.25) is 5.02 Å². The van der Waals surface area contributed by atoms with Crippen molar-refractivity contribution in [2.24, 2.45) is 5.92 Å².